The van der Waals surface area contributed by atoms with Crippen molar-refractivity contribution in [2.24, 2.45) is 0 Å². The Balaban J connectivity index is 1.39. The first-order chi connectivity index (χ1) is 15.7. The van der Waals surface area contributed by atoms with Gasteiger partial charge < -0.3 is 10.2 Å². The summed E-state index contributed by atoms with van der Waals surface area (Å²) in [6.07, 6.45) is 2.14. The SMILES string of the molecule is Cc1cc(N(C)C(C)(C)N2CCC(c3cccc(F)c3)CC2)ccc1CN1CCNC(C)C1. The van der Waals surface area contributed by atoms with Gasteiger partial charge in [0.15, 0.2) is 0 Å². The molecule has 33 heavy (non-hydrogen) atoms. The summed E-state index contributed by atoms with van der Waals surface area (Å²) in [6, 6.07) is 14.7. The van der Waals surface area contributed by atoms with Crippen molar-refractivity contribution in [1.29, 1.82) is 0 Å². The number of likely N-dealkylation sites (tertiary alicyclic amines) is 1. The fourth-order valence-electron chi connectivity index (χ4n) is 5.51. The van der Waals surface area contributed by atoms with E-state index in [-0.39, 0.29) is 11.5 Å². The van der Waals surface area contributed by atoms with Gasteiger partial charge in [-0.25, -0.2) is 4.39 Å². The third-order valence-electron chi connectivity index (χ3n) is 7.97. The summed E-state index contributed by atoms with van der Waals surface area (Å²) in [5.41, 5.74) is 5.11. The average Bonchev–Trinajstić information content (AvgIpc) is 2.80. The van der Waals surface area contributed by atoms with E-state index in [9.17, 15) is 4.39 Å². The van der Waals surface area contributed by atoms with E-state index in [4.69, 9.17) is 0 Å². The van der Waals surface area contributed by atoms with E-state index in [1.165, 1.54) is 22.9 Å². The van der Waals surface area contributed by atoms with Gasteiger partial charge in [-0.3, -0.25) is 9.80 Å². The van der Waals surface area contributed by atoms with Gasteiger partial charge in [0.05, 0.1) is 5.66 Å². The lowest BCUT2D eigenvalue weighted by Gasteiger charge is -2.49. The highest BCUT2D eigenvalue weighted by atomic mass is 19.1. The van der Waals surface area contributed by atoms with Gasteiger partial charge in [-0.2, -0.15) is 0 Å². The van der Waals surface area contributed by atoms with E-state index in [2.05, 4.69) is 79.0 Å². The molecule has 2 aliphatic rings. The number of halogens is 1. The number of piperazine rings is 1. The normalized spacial score (nSPS) is 21.3. The first kappa shape index (κ1) is 24.2. The summed E-state index contributed by atoms with van der Waals surface area (Å²) in [5, 5.41) is 3.53. The van der Waals surface area contributed by atoms with Crippen molar-refractivity contribution < 1.29 is 4.39 Å². The van der Waals surface area contributed by atoms with Crippen molar-refractivity contribution in [3.63, 3.8) is 0 Å². The molecule has 4 rings (SSSR count). The van der Waals surface area contributed by atoms with E-state index in [1.54, 1.807) is 6.07 Å². The Morgan fingerprint density at radius 3 is 2.52 bits per heavy atom. The van der Waals surface area contributed by atoms with Crippen molar-refractivity contribution >= 4 is 5.69 Å². The van der Waals surface area contributed by atoms with Crippen LogP contribution in [0.5, 0.6) is 0 Å². The minimum atomic E-state index is -0.125. The molecule has 2 fully saturated rings. The zero-order valence-corrected chi connectivity index (χ0v) is 21.1. The Morgan fingerprint density at radius 2 is 1.85 bits per heavy atom. The van der Waals surface area contributed by atoms with Crippen LogP contribution >= 0.6 is 0 Å². The van der Waals surface area contributed by atoms with Crippen LogP contribution in [-0.4, -0.2) is 61.3 Å². The lowest BCUT2D eigenvalue weighted by molar-refractivity contribution is 0.0883. The van der Waals surface area contributed by atoms with Crippen LogP contribution in [0.15, 0.2) is 42.5 Å². The van der Waals surface area contributed by atoms with E-state index < -0.39 is 0 Å². The van der Waals surface area contributed by atoms with Gasteiger partial charge in [0.25, 0.3) is 0 Å². The molecule has 4 nitrogen and oxygen atoms in total. The molecule has 1 N–H and O–H groups in total. The first-order valence-corrected chi connectivity index (χ1v) is 12.5. The number of hydrogen-bond acceptors (Lipinski definition) is 4. The van der Waals surface area contributed by atoms with Gasteiger partial charge in [-0.05, 0) is 87.4 Å². The van der Waals surface area contributed by atoms with Gasteiger partial charge in [0.2, 0.25) is 0 Å². The largest absolute Gasteiger partial charge is 0.357 e. The molecule has 1 atom stereocenters. The molecule has 2 heterocycles. The molecule has 1 unspecified atom stereocenters. The summed E-state index contributed by atoms with van der Waals surface area (Å²) in [7, 11) is 2.21. The summed E-state index contributed by atoms with van der Waals surface area (Å²) < 4.78 is 13.7. The second-order valence-electron chi connectivity index (χ2n) is 10.6. The Hall–Kier alpha value is -1.95. The minimum absolute atomic E-state index is 0.0885. The summed E-state index contributed by atoms with van der Waals surface area (Å²) in [6.45, 7) is 15.5. The van der Waals surface area contributed by atoms with E-state index in [1.807, 2.05) is 6.07 Å². The lowest BCUT2D eigenvalue weighted by Crippen LogP contribution is -2.57. The van der Waals surface area contributed by atoms with Crippen molar-refractivity contribution in [1.82, 2.24) is 15.1 Å². The Morgan fingerprint density at radius 1 is 1.09 bits per heavy atom. The first-order valence-electron chi connectivity index (χ1n) is 12.5. The number of benzene rings is 2. The molecule has 0 amide bonds. The molecule has 0 bridgehead atoms. The van der Waals surface area contributed by atoms with Crippen LogP contribution in [0.2, 0.25) is 0 Å². The molecular weight excluding hydrogens is 411 g/mol. The van der Waals surface area contributed by atoms with Crippen LogP contribution in [0.4, 0.5) is 10.1 Å². The van der Waals surface area contributed by atoms with Crippen molar-refractivity contribution in [2.45, 2.75) is 64.7 Å². The van der Waals surface area contributed by atoms with E-state index in [0.717, 1.165) is 57.7 Å². The third kappa shape index (κ3) is 5.59. The number of aryl methyl sites for hydroxylation is 1. The Bertz CT molecular complexity index is 935. The van der Waals surface area contributed by atoms with Crippen LogP contribution in [-0.2, 0) is 6.54 Å². The molecular formula is C28H41FN4. The zero-order chi connectivity index (χ0) is 23.6. The van der Waals surface area contributed by atoms with Crippen LogP contribution in [0.1, 0.15) is 56.2 Å². The second-order valence-corrected chi connectivity index (χ2v) is 10.6. The van der Waals surface area contributed by atoms with Gasteiger partial charge in [0, 0.05) is 58.0 Å². The van der Waals surface area contributed by atoms with Crippen LogP contribution in [0.25, 0.3) is 0 Å². The molecule has 180 valence electrons. The molecule has 5 heteroatoms. The summed E-state index contributed by atoms with van der Waals surface area (Å²) in [5.74, 6) is 0.326. The number of piperidine rings is 1. The summed E-state index contributed by atoms with van der Waals surface area (Å²) in [4.78, 5) is 7.55. The van der Waals surface area contributed by atoms with Gasteiger partial charge >= 0.3 is 0 Å². The highest BCUT2D eigenvalue weighted by molar-refractivity contribution is 5.52. The number of rotatable bonds is 6. The predicted molar refractivity (Wildman–Crippen MR) is 136 cm³/mol. The maximum atomic E-state index is 13.7. The molecule has 2 aromatic carbocycles. The van der Waals surface area contributed by atoms with E-state index in [0.29, 0.717) is 12.0 Å². The summed E-state index contributed by atoms with van der Waals surface area (Å²) >= 11 is 0. The highest BCUT2D eigenvalue weighted by Crippen LogP contribution is 2.34. The standard InChI is InChI=1S/C28H41FN4/c1-21-17-27(10-9-25(21)20-32-16-13-30-22(2)19-32)31(5)28(3,4)33-14-11-23(12-15-33)24-7-6-8-26(29)18-24/h6-10,17-18,22-23,30H,11-16,19-20H2,1-5H3. The molecule has 2 aliphatic heterocycles. The number of nitrogens with zero attached hydrogens (tertiary/aromatic N) is 3. The molecule has 2 aromatic rings. The van der Waals surface area contributed by atoms with Crippen molar-refractivity contribution in [3.05, 3.63) is 65.0 Å². The van der Waals surface area contributed by atoms with Crippen LogP contribution < -0.4 is 10.2 Å². The highest BCUT2D eigenvalue weighted by Gasteiger charge is 2.34. The molecule has 0 aliphatic carbocycles. The zero-order valence-electron chi connectivity index (χ0n) is 21.1. The fraction of sp³-hybridized carbons (Fsp3) is 0.571. The maximum absolute atomic E-state index is 13.7. The monoisotopic (exact) mass is 452 g/mol. The van der Waals surface area contributed by atoms with Crippen molar-refractivity contribution in [3.8, 4) is 0 Å². The fourth-order valence-corrected chi connectivity index (χ4v) is 5.51. The molecule has 2 saturated heterocycles. The van der Waals surface area contributed by atoms with Crippen LogP contribution in [0, 0.1) is 12.7 Å². The number of hydrogen-bond donors (Lipinski definition) is 1. The molecule has 0 saturated carbocycles. The maximum Gasteiger partial charge on any atom is 0.123 e. The third-order valence-corrected chi connectivity index (χ3v) is 7.97. The average molecular weight is 453 g/mol. The van der Waals surface area contributed by atoms with Crippen molar-refractivity contribution in [2.75, 3.05) is 44.7 Å². The Labute approximate surface area is 199 Å². The number of anilines is 1. The molecule has 0 aromatic heterocycles. The van der Waals surface area contributed by atoms with Gasteiger partial charge in [-0.15, -0.1) is 0 Å². The second kappa shape index (κ2) is 10.1. The minimum Gasteiger partial charge on any atom is -0.357 e. The lowest BCUT2D eigenvalue weighted by atomic mass is 9.88. The van der Waals surface area contributed by atoms with Gasteiger partial charge in [0.1, 0.15) is 5.82 Å². The van der Waals surface area contributed by atoms with Gasteiger partial charge in [-0.1, -0.05) is 18.2 Å². The topological polar surface area (TPSA) is 21.8 Å². The molecule has 0 spiro atoms. The molecule has 0 radical (unpaired) electrons. The smallest absolute Gasteiger partial charge is 0.123 e. The quantitative estimate of drug-likeness (QED) is 0.667. The Kier molecular flexibility index (Phi) is 7.42. The van der Waals surface area contributed by atoms with E-state index >= 15 is 0 Å². The van der Waals surface area contributed by atoms with Crippen LogP contribution in [0.3, 0.4) is 0 Å². The predicted octanol–water partition coefficient (Wildman–Crippen LogP) is 4.98. The number of nitrogens with one attached hydrogen (secondary N) is 1.